The van der Waals surface area contributed by atoms with E-state index in [0.717, 1.165) is 31.6 Å². The molecule has 0 atom stereocenters. The fraction of sp³-hybridized carbons (Fsp3) is 0.125. The lowest BCUT2D eigenvalue weighted by Crippen LogP contribution is -2.08. The minimum Gasteiger partial charge on any atom is -0.289 e. The van der Waals surface area contributed by atoms with Crippen molar-refractivity contribution >= 4 is 34.9 Å². The molecular weight excluding hydrogens is 286 g/mol. The van der Waals surface area contributed by atoms with Crippen LogP contribution in [0.3, 0.4) is 0 Å². The Balaban J connectivity index is 2.08. The second-order valence-corrected chi connectivity index (χ2v) is 7.04. The van der Waals surface area contributed by atoms with Gasteiger partial charge in [0.1, 0.15) is 0 Å². The molecule has 0 N–H and O–H groups in total. The molecule has 1 aromatic heterocycles. The summed E-state index contributed by atoms with van der Waals surface area (Å²) in [5.74, 6) is 0.101. The predicted molar refractivity (Wildman–Crippen MR) is 86.7 cm³/mol. The van der Waals surface area contributed by atoms with Gasteiger partial charge in [0.15, 0.2) is 5.78 Å². The Bertz CT molecular complexity index is 674. The van der Waals surface area contributed by atoms with E-state index in [1.807, 2.05) is 43.3 Å². The molecular formula is C16H13NOS2. The smallest absolute Gasteiger partial charge is 0.195 e. The summed E-state index contributed by atoms with van der Waals surface area (Å²) in [4.78, 5) is 16.9. The number of hydrogen-bond acceptors (Lipinski definition) is 4. The van der Waals surface area contributed by atoms with Crippen molar-refractivity contribution < 1.29 is 4.79 Å². The number of hydrogen-bond donors (Lipinski definition) is 0. The molecule has 0 aliphatic carbocycles. The van der Waals surface area contributed by atoms with Crippen LogP contribution in [0.2, 0.25) is 0 Å². The Kier molecular flexibility index (Phi) is 3.94. The lowest BCUT2D eigenvalue weighted by Gasteiger charge is -2.20. The SMILES string of the molecule is Cc1ccccc1C(=O)C(=C1SCS1)c1ccncc1. The Labute approximate surface area is 126 Å². The molecule has 2 aromatic rings. The van der Waals surface area contributed by atoms with Crippen LogP contribution in [0.5, 0.6) is 0 Å². The summed E-state index contributed by atoms with van der Waals surface area (Å²) in [6.07, 6.45) is 3.46. The van der Waals surface area contributed by atoms with Crippen molar-refractivity contribution in [1.29, 1.82) is 0 Å². The van der Waals surface area contributed by atoms with Crippen molar-refractivity contribution in [3.05, 3.63) is 69.7 Å². The molecule has 2 heterocycles. The van der Waals surface area contributed by atoms with Gasteiger partial charge in [-0.15, -0.1) is 23.5 Å². The minimum absolute atomic E-state index is 0.101. The summed E-state index contributed by atoms with van der Waals surface area (Å²) >= 11 is 3.48. The van der Waals surface area contributed by atoms with E-state index in [1.54, 1.807) is 35.9 Å². The molecule has 1 aromatic carbocycles. The number of carbonyl (C=O) groups excluding carboxylic acids is 1. The number of rotatable bonds is 3. The van der Waals surface area contributed by atoms with Crippen LogP contribution in [0, 0.1) is 6.92 Å². The Morgan fingerprint density at radius 2 is 1.80 bits per heavy atom. The Morgan fingerprint density at radius 1 is 1.10 bits per heavy atom. The normalized spacial score (nSPS) is 13.8. The molecule has 0 amide bonds. The number of pyridine rings is 1. The molecule has 0 spiro atoms. The standard InChI is InChI=1S/C16H13NOS2/c1-11-4-2-3-5-13(11)15(18)14(16-19-10-20-16)12-6-8-17-9-7-12/h2-9H,10H2,1H3. The molecule has 0 unspecified atom stereocenters. The van der Waals surface area contributed by atoms with Crippen LogP contribution in [-0.4, -0.2) is 15.9 Å². The summed E-state index contributed by atoms with van der Waals surface area (Å²) in [6.45, 7) is 1.98. The molecule has 1 aliphatic rings. The van der Waals surface area contributed by atoms with Gasteiger partial charge in [-0.1, -0.05) is 24.3 Å². The molecule has 0 bridgehead atoms. The third-order valence-electron chi connectivity index (χ3n) is 3.17. The first-order chi connectivity index (χ1) is 9.77. The second-order valence-electron chi connectivity index (χ2n) is 4.45. The Hall–Kier alpha value is -1.52. The van der Waals surface area contributed by atoms with E-state index in [0.29, 0.717) is 0 Å². The van der Waals surface area contributed by atoms with E-state index in [4.69, 9.17) is 0 Å². The zero-order chi connectivity index (χ0) is 13.9. The number of ketones is 1. The van der Waals surface area contributed by atoms with E-state index in [1.165, 1.54) is 0 Å². The van der Waals surface area contributed by atoms with Crippen LogP contribution in [0.4, 0.5) is 0 Å². The Morgan fingerprint density at radius 3 is 2.40 bits per heavy atom. The lowest BCUT2D eigenvalue weighted by atomic mass is 9.96. The quantitative estimate of drug-likeness (QED) is 0.621. The molecule has 3 rings (SSSR count). The van der Waals surface area contributed by atoms with Crippen LogP contribution >= 0.6 is 23.5 Å². The second kappa shape index (κ2) is 5.85. The van der Waals surface area contributed by atoms with Gasteiger partial charge in [-0.2, -0.15) is 0 Å². The number of carbonyl (C=O) groups is 1. The van der Waals surface area contributed by atoms with E-state index >= 15 is 0 Å². The zero-order valence-corrected chi connectivity index (χ0v) is 12.6. The van der Waals surface area contributed by atoms with Crippen molar-refractivity contribution in [3.8, 4) is 0 Å². The average Bonchev–Trinajstić information content (AvgIpc) is 2.43. The van der Waals surface area contributed by atoms with Crippen LogP contribution in [0.15, 0.2) is 53.0 Å². The van der Waals surface area contributed by atoms with Crippen LogP contribution in [-0.2, 0) is 0 Å². The highest BCUT2D eigenvalue weighted by atomic mass is 32.3. The summed E-state index contributed by atoms with van der Waals surface area (Å²) in [5, 5.41) is 1.02. The molecule has 1 aliphatic heterocycles. The molecule has 1 fully saturated rings. The monoisotopic (exact) mass is 299 g/mol. The summed E-state index contributed by atoms with van der Waals surface area (Å²) in [7, 11) is 0. The van der Waals surface area contributed by atoms with Gasteiger partial charge >= 0.3 is 0 Å². The topological polar surface area (TPSA) is 30.0 Å². The number of allylic oxidation sites excluding steroid dienone is 1. The van der Waals surface area contributed by atoms with Gasteiger partial charge < -0.3 is 0 Å². The molecule has 20 heavy (non-hydrogen) atoms. The maximum atomic E-state index is 12.9. The molecule has 1 saturated heterocycles. The number of thioether (sulfide) groups is 2. The maximum absolute atomic E-state index is 12.9. The van der Waals surface area contributed by atoms with Crippen molar-refractivity contribution in [1.82, 2.24) is 4.98 Å². The third-order valence-corrected chi connectivity index (χ3v) is 5.75. The maximum Gasteiger partial charge on any atom is 0.195 e. The number of nitrogens with zero attached hydrogens (tertiary/aromatic N) is 1. The van der Waals surface area contributed by atoms with E-state index in [9.17, 15) is 4.79 Å². The summed E-state index contributed by atoms with van der Waals surface area (Å²) in [5.41, 5.74) is 3.55. The van der Waals surface area contributed by atoms with Crippen molar-refractivity contribution in [2.75, 3.05) is 5.08 Å². The highest BCUT2D eigenvalue weighted by Crippen LogP contribution is 2.48. The molecule has 4 heteroatoms. The van der Waals surface area contributed by atoms with Gasteiger partial charge in [0.25, 0.3) is 0 Å². The van der Waals surface area contributed by atoms with E-state index in [2.05, 4.69) is 4.98 Å². The van der Waals surface area contributed by atoms with Gasteiger partial charge in [-0.05, 0) is 30.2 Å². The number of benzene rings is 1. The van der Waals surface area contributed by atoms with Crippen molar-refractivity contribution in [2.24, 2.45) is 0 Å². The fourth-order valence-corrected chi connectivity index (χ4v) is 3.74. The minimum atomic E-state index is 0.101. The van der Waals surface area contributed by atoms with Crippen molar-refractivity contribution in [2.45, 2.75) is 6.92 Å². The number of Topliss-reactive ketones (excluding diaryl/α,β-unsaturated/α-hetero) is 1. The molecule has 100 valence electrons. The average molecular weight is 299 g/mol. The first-order valence-corrected chi connectivity index (χ1v) is 8.25. The van der Waals surface area contributed by atoms with E-state index < -0.39 is 0 Å². The first kappa shape index (κ1) is 13.5. The van der Waals surface area contributed by atoms with Gasteiger partial charge in [-0.3, -0.25) is 9.78 Å². The van der Waals surface area contributed by atoms with Gasteiger partial charge in [0.2, 0.25) is 0 Å². The highest BCUT2D eigenvalue weighted by molar-refractivity contribution is 8.37. The first-order valence-electron chi connectivity index (χ1n) is 6.28. The van der Waals surface area contributed by atoms with Crippen LogP contribution in [0.1, 0.15) is 21.5 Å². The molecule has 2 nitrogen and oxygen atoms in total. The summed E-state index contributed by atoms with van der Waals surface area (Å²) in [6, 6.07) is 11.5. The number of aromatic nitrogens is 1. The van der Waals surface area contributed by atoms with E-state index in [-0.39, 0.29) is 5.78 Å². The van der Waals surface area contributed by atoms with Crippen LogP contribution in [0.25, 0.3) is 5.57 Å². The number of aryl methyl sites for hydroxylation is 1. The highest BCUT2D eigenvalue weighted by Gasteiger charge is 2.24. The van der Waals surface area contributed by atoms with Gasteiger partial charge in [0.05, 0.1) is 4.24 Å². The largest absolute Gasteiger partial charge is 0.289 e. The third kappa shape index (κ3) is 2.53. The lowest BCUT2D eigenvalue weighted by molar-refractivity contribution is 0.105. The van der Waals surface area contributed by atoms with Crippen LogP contribution < -0.4 is 0 Å². The van der Waals surface area contributed by atoms with Gasteiger partial charge in [-0.25, -0.2) is 0 Å². The summed E-state index contributed by atoms with van der Waals surface area (Å²) < 4.78 is 1.12. The molecule has 0 saturated carbocycles. The molecule has 0 radical (unpaired) electrons. The fourth-order valence-electron chi connectivity index (χ4n) is 2.08. The van der Waals surface area contributed by atoms with Gasteiger partial charge in [0, 0.05) is 28.6 Å². The zero-order valence-electron chi connectivity index (χ0n) is 11.0. The van der Waals surface area contributed by atoms with Crippen molar-refractivity contribution in [3.63, 3.8) is 0 Å². The predicted octanol–water partition coefficient (Wildman–Crippen LogP) is 4.38.